The number of halogens is 2. The summed E-state index contributed by atoms with van der Waals surface area (Å²) in [5.74, 6) is 0.862. The average Bonchev–Trinajstić information content (AvgIpc) is 3.18. The number of rotatable bonds is 9. The van der Waals surface area contributed by atoms with Gasteiger partial charge in [-0.2, -0.15) is 0 Å². The molecule has 174 valence electrons. The molecule has 2 rings (SSSR count). The molecule has 1 aliphatic heterocycles. The maximum atomic E-state index is 6.24. The van der Waals surface area contributed by atoms with Crippen molar-refractivity contribution in [2.24, 2.45) is 4.99 Å². The van der Waals surface area contributed by atoms with Crippen LogP contribution in [0.3, 0.4) is 0 Å². The maximum absolute atomic E-state index is 6.24. The first-order valence-corrected chi connectivity index (χ1v) is 13.1. The third-order valence-corrected chi connectivity index (χ3v) is 5.89. The fourth-order valence-corrected chi connectivity index (χ4v) is 4.02. The normalized spacial score (nSPS) is 16.3. The van der Waals surface area contributed by atoms with Crippen LogP contribution in [0.1, 0.15) is 34.1 Å². The summed E-state index contributed by atoms with van der Waals surface area (Å²) in [6.07, 6.45) is 15.1. The molecular weight excluding hydrogens is 504 g/mol. The number of nitrogens with zero attached hydrogens (tertiary/aromatic N) is 2. The average molecular weight is 538 g/mol. The van der Waals surface area contributed by atoms with Gasteiger partial charge in [0.15, 0.2) is 5.17 Å². The third kappa shape index (κ3) is 10.3. The highest BCUT2D eigenvalue weighted by Crippen LogP contribution is 2.33. The molecule has 1 atom stereocenters. The zero-order chi connectivity index (χ0) is 23.8. The Hall–Kier alpha value is -1.69. The predicted octanol–water partition coefficient (Wildman–Crippen LogP) is 8.50. The van der Waals surface area contributed by atoms with Crippen molar-refractivity contribution < 1.29 is 4.74 Å². The molecule has 1 aromatic carbocycles. The van der Waals surface area contributed by atoms with E-state index in [9.17, 15) is 0 Å². The number of hydrogen-bond acceptors (Lipinski definition) is 4. The molecule has 0 aromatic heterocycles. The summed E-state index contributed by atoms with van der Waals surface area (Å²) in [5.41, 5.74) is 2.10. The second-order valence-electron chi connectivity index (χ2n) is 6.65. The number of benzene rings is 1. The minimum Gasteiger partial charge on any atom is -0.494 e. The molecule has 1 unspecified atom stereocenters. The minimum absolute atomic E-state index is 0.286. The molecular formula is C26H34BrClN2OS. The second kappa shape index (κ2) is 16.9. The number of amidine groups is 1. The van der Waals surface area contributed by atoms with E-state index in [-0.39, 0.29) is 5.25 Å². The van der Waals surface area contributed by atoms with E-state index < -0.39 is 0 Å². The molecule has 0 aliphatic carbocycles. The number of allylic oxidation sites excluding steroid dienone is 7. The fourth-order valence-electron chi connectivity index (χ4n) is 2.66. The van der Waals surface area contributed by atoms with Gasteiger partial charge in [-0.3, -0.25) is 9.89 Å². The lowest BCUT2D eigenvalue weighted by Crippen LogP contribution is -2.24. The summed E-state index contributed by atoms with van der Waals surface area (Å²) in [6.45, 7) is 13.2. The van der Waals surface area contributed by atoms with Crippen LogP contribution >= 0.6 is 39.3 Å². The number of ether oxygens (including phenoxy) is 1. The van der Waals surface area contributed by atoms with Crippen LogP contribution in [-0.4, -0.2) is 28.9 Å². The van der Waals surface area contributed by atoms with Crippen LogP contribution in [-0.2, 0) is 0 Å². The molecule has 3 nitrogen and oxygen atoms in total. The van der Waals surface area contributed by atoms with Gasteiger partial charge in [0.1, 0.15) is 5.75 Å². The molecule has 0 radical (unpaired) electrons. The van der Waals surface area contributed by atoms with Crippen LogP contribution < -0.4 is 9.64 Å². The molecule has 1 aliphatic rings. The zero-order valence-corrected chi connectivity index (χ0v) is 22.6. The van der Waals surface area contributed by atoms with Gasteiger partial charge in [-0.25, -0.2) is 0 Å². The van der Waals surface area contributed by atoms with E-state index in [1.54, 1.807) is 17.8 Å². The van der Waals surface area contributed by atoms with E-state index in [1.165, 1.54) is 0 Å². The van der Waals surface area contributed by atoms with Gasteiger partial charge < -0.3 is 4.74 Å². The summed E-state index contributed by atoms with van der Waals surface area (Å²) >= 11 is 11.2. The molecule has 0 N–H and O–H groups in total. The largest absolute Gasteiger partial charge is 0.494 e. The Balaban J connectivity index is 0.000000751. The van der Waals surface area contributed by atoms with Crippen LogP contribution in [0.5, 0.6) is 5.75 Å². The van der Waals surface area contributed by atoms with Crippen molar-refractivity contribution in [1.82, 2.24) is 0 Å². The number of aliphatic imine (C=N–C) groups is 1. The van der Waals surface area contributed by atoms with E-state index in [1.807, 2.05) is 56.3 Å². The highest BCUT2D eigenvalue weighted by molar-refractivity contribution is 9.09. The Kier molecular flexibility index (Phi) is 14.9. The van der Waals surface area contributed by atoms with Gasteiger partial charge in [0.2, 0.25) is 0 Å². The molecule has 1 aromatic rings. The molecule has 32 heavy (non-hydrogen) atoms. The van der Waals surface area contributed by atoms with Crippen LogP contribution in [0.4, 0.5) is 5.69 Å². The smallest absolute Gasteiger partial charge is 0.169 e. The van der Waals surface area contributed by atoms with Crippen molar-refractivity contribution in [2.75, 3.05) is 23.4 Å². The van der Waals surface area contributed by atoms with Gasteiger partial charge in [0.05, 0.1) is 13.2 Å². The molecule has 0 saturated heterocycles. The standard InChI is InChI=1S/C21H25ClN2OS.C5H9Br/c1-5-8-9-16(4)26-21-23-15-19(14-17(22)6-2)24(21)18-10-12-20(13-11-18)25-7-3;1-2-3-4-5-6/h5-6,8-14,16H,1,7,15H2,2-4H3;3-4H,2,5H2,1H3/b9-8+,17-6+,19-14+;4-3-. The lowest BCUT2D eigenvalue weighted by atomic mass is 10.2. The van der Waals surface area contributed by atoms with Gasteiger partial charge in [0, 0.05) is 27.0 Å². The van der Waals surface area contributed by atoms with Crippen LogP contribution in [0, 0.1) is 0 Å². The topological polar surface area (TPSA) is 24.8 Å². The lowest BCUT2D eigenvalue weighted by Gasteiger charge is -2.23. The van der Waals surface area contributed by atoms with Crippen molar-refractivity contribution in [1.29, 1.82) is 0 Å². The SMILES string of the molecule is C=C/C=C/C(C)SC1=NC/C(=C\C(Cl)=C/C)N1c1ccc(OCC)cc1.CC/C=C\CBr. The molecule has 0 saturated carbocycles. The fraction of sp³-hybridized carbons (Fsp3) is 0.346. The van der Waals surface area contributed by atoms with Gasteiger partial charge in [0.25, 0.3) is 0 Å². The lowest BCUT2D eigenvalue weighted by molar-refractivity contribution is 0.340. The first kappa shape index (κ1) is 28.3. The molecule has 0 amide bonds. The quantitative estimate of drug-likeness (QED) is 0.179. The second-order valence-corrected chi connectivity index (χ2v) is 9.08. The summed E-state index contributed by atoms with van der Waals surface area (Å²) < 4.78 is 5.55. The highest BCUT2D eigenvalue weighted by atomic mass is 79.9. The molecule has 0 spiro atoms. The number of hydrogen-bond donors (Lipinski definition) is 0. The molecule has 0 fully saturated rings. The summed E-state index contributed by atoms with van der Waals surface area (Å²) in [5, 5.41) is 2.94. The van der Waals surface area contributed by atoms with Crippen molar-refractivity contribution in [3.63, 3.8) is 0 Å². The van der Waals surface area contributed by atoms with E-state index in [4.69, 9.17) is 21.3 Å². The van der Waals surface area contributed by atoms with E-state index in [0.29, 0.717) is 18.2 Å². The van der Waals surface area contributed by atoms with Crippen LogP contribution in [0.15, 0.2) is 89.1 Å². The van der Waals surface area contributed by atoms with Crippen molar-refractivity contribution in [2.45, 2.75) is 39.4 Å². The monoisotopic (exact) mass is 536 g/mol. The van der Waals surface area contributed by atoms with Crippen LogP contribution in [0.2, 0.25) is 0 Å². The Morgan fingerprint density at radius 2 is 2.03 bits per heavy atom. The molecule has 1 heterocycles. The highest BCUT2D eigenvalue weighted by Gasteiger charge is 2.25. The Bertz CT molecular complexity index is 838. The Morgan fingerprint density at radius 3 is 2.56 bits per heavy atom. The number of thioether (sulfide) groups is 1. The first-order chi connectivity index (χ1) is 15.5. The summed E-state index contributed by atoms with van der Waals surface area (Å²) in [6, 6.07) is 8.06. The number of alkyl halides is 1. The minimum atomic E-state index is 0.286. The molecule has 6 heteroatoms. The Morgan fingerprint density at radius 1 is 1.31 bits per heavy atom. The van der Waals surface area contributed by atoms with Gasteiger partial charge in [-0.15, -0.1) is 0 Å². The number of anilines is 1. The van der Waals surface area contributed by atoms with Crippen molar-refractivity contribution >= 4 is 50.1 Å². The molecule has 0 bridgehead atoms. The summed E-state index contributed by atoms with van der Waals surface area (Å²) in [4.78, 5) is 6.89. The maximum Gasteiger partial charge on any atom is 0.169 e. The van der Waals surface area contributed by atoms with Gasteiger partial charge >= 0.3 is 0 Å². The van der Waals surface area contributed by atoms with Crippen molar-refractivity contribution in [3.05, 3.63) is 84.1 Å². The van der Waals surface area contributed by atoms with Crippen LogP contribution in [0.25, 0.3) is 0 Å². The predicted molar refractivity (Wildman–Crippen MR) is 150 cm³/mol. The van der Waals surface area contributed by atoms with Gasteiger partial charge in [-0.05, 0) is 57.5 Å². The van der Waals surface area contributed by atoms with Gasteiger partial charge in [-0.1, -0.05) is 89.3 Å². The third-order valence-electron chi connectivity index (χ3n) is 4.14. The van der Waals surface area contributed by atoms with Crippen molar-refractivity contribution in [3.8, 4) is 5.75 Å². The summed E-state index contributed by atoms with van der Waals surface area (Å²) in [7, 11) is 0. The van der Waals surface area contributed by atoms with E-state index in [0.717, 1.165) is 34.1 Å². The zero-order valence-electron chi connectivity index (χ0n) is 19.4. The first-order valence-electron chi connectivity index (χ1n) is 10.8. The Labute approximate surface area is 211 Å². The van der Waals surface area contributed by atoms with E-state index >= 15 is 0 Å². The van der Waals surface area contributed by atoms with E-state index in [2.05, 4.69) is 59.5 Å².